The Morgan fingerprint density at radius 1 is 1.00 bits per heavy atom. The lowest BCUT2D eigenvalue weighted by Crippen LogP contribution is -2.13. The van der Waals surface area contributed by atoms with E-state index in [-0.39, 0.29) is 0 Å². The SMILES string of the molecule is Cc1ccc(C(CN)CCSc2ccccc2)cc1. The highest BCUT2D eigenvalue weighted by Gasteiger charge is 2.09. The van der Waals surface area contributed by atoms with Crippen molar-refractivity contribution in [3.05, 3.63) is 65.7 Å². The fourth-order valence-electron chi connectivity index (χ4n) is 2.09. The maximum Gasteiger partial charge on any atom is 0.00719 e. The van der Waals surface area contributed by atoms with Gasteiger partial charge < -0.3 is 5.73 Å². The lowest BCUT2D eigenvalue weighted by molar-refractivity contribution is 0.680. The number of hydrogen-bond donors (Lipinski definition) is 1. The Morgan fingerprint density at radius 2 is 1.68 bits per heavy atom. The van der Waals surface area contributed by atoms with Crippen LogP contribution in [0.15, 0.2) is 59.5 Å². The molecule has 0 heterocycles. The fourth-order valence-corrected chi connectivity index (χ4v) is 3.08. The number of aryl methyl sites for hydroxylation is 1. The molecule has 1 unspecified atom stereocenters. The summed E-state index contributed by atoms with van der Waals surface area (Å²) in [7, 11) is 0. The van der Waals surface area contributed by atoms with Gasteiger partial charge in [-0.1, -0.05) is 48.0 Å². The Balaban J connectivity index is 1.87. The second-order valence-electron chi connectivity index (χ2n) is 4.79. The van der Waals surface area contributed by atoms with Crippen LogP contribution in [0.2, 0.25) is 0 Å². The summed E-state index contributed by atoms with van der Waals surface area (Å²) >= 11 is 1.91. The van der Waals surface area contributed by atoms with Crippen LogP contribution < -0.4 is 5.73 Å². The van der Waals surface area contributed by atoms with Crippen LogP contribution >= 0.6 is 11.8 Å². The highest BCUT2D eigenvalue weighted by Crippen LogP contribution is 2.24. The molecular formula is C17H21NS. The summed E-state index contributed by atoms with van der Waals surface area (Å²) in [5, 5.41) is 0. The zero-order valence-electron chi connectivity index (χ0n) is 11.4. The molecule has 2 aromatic carbocycles. The van der Waals surface area contributed by atoms with Crippen molar-refractivity contribution in [3.8, 4) is 0 Å². The van der Waals surface area contributed by atoms with Crippen LogP contribution in [0.25, 0.3) is 0 Å². The first-order valence-electron chi connectivity index (χ1n) is 6.74. The predicted octanol–water partition coefficient (Wildman–Crippen LogP) is 4.22. The lowest BCUT2D eigenvalue weighted by atomic mass is 9.96. The monoisotopic (exact) mass is 271 g/mol. The number of benzene rings is 2. The van der Waals surface area contributed by atoms with E-state index in [1.54, 1.807) is 0 Å². The lowest BCUT2D eigenvalue weighted by Gasteiger charge is -2.15. The molecule has 0 radical (unpaired) electrons. The van der Waals surface area contributed by atoms with E-state index in [4.69, 9.17) is 5.73 Å². The van der Waals surface area contributed by atoms with E-state index in [0.29, 0.717) is 5.92 Å². The molecule has 1 nitrogen and oxygen atoms in total. The van der Waals surface area contributed by atoms with E-state index in [1.807, 2.05) is 11.8 Å². The minimum Gasteiger partial charge on any atom is -0.330 e. The van der Waals surface area contributed by atoms with Gasteiger partial charge in [0.1, 0.15) is 0 Å². The van der Waals surface area contributed by atoms with E-state index in [1.165, 1.54) is 16.0 Å². The van der Waals surface area contributed by atoms with Gasteiger partial charge in [0.05, 0.1) is 0 Å². The summed E-state index contributed by atoms with van der Waals surface area (Å²) in [6.45, 7) is 2.84. The van der Waals surface area contributed by atoms with E-state index < -0.39 is 0 Å². The first-order valence-corrected chi connectivity index (χ1v) is 7.72. The van der Waals surface area contributed by atoms with Gasteiger partial charge >= 0.3 is 0 Å². The smallest absolute Gasteiger partial charge is 0.00719 e. The molecule has 0 saturated carbocycles. The average molecular weight is 271 g/mol. The maximum absolute atomic E-state index is 5.91. The van der Waals surface area contributed by atoms with Crippen molar-refractivity contribution in [2.45, 2.75) is 24.2 Å². The molecule has 0 saturated heterocycles. The van der Waals surface area contributed by atoms with Crippen LogP contribution in [-0.4, -0.2) is 12.3 Å². The molecule has 1 atom stereocenters. The highest BCUT2D eigenvalue weighted by molar-refractivity contribution is 7.99. The van der Waals surface area contributed by atoms with Crippen LogP contribution in [0.4, 0.5) is 0 Å². The molecule has 100 valence electrons. The highest BCUT2D eigenvalue weighted by atomic mass is 32.2. The van der Waals surface area contributed by atoms with Crippen LogP contribution in [0.5, 0.6) is 0 Å². The van der Waals surface area contributed by atoms with Crippen molar-refractivity contribution in [3.63, 3.8) is 0 Å². The largest absolute Gasteiger partial charge is 0.330 e. The molecule has 2 heteroatoms. The Hall–Kier alpha value is -1.25. The number of thioether (sulfide) groups is 1. The summed E-state index contributed by atoms with van der Waals surface area (Å²) in [5.41, 5.74) is 8.58. The topological polar surface area (TPSA) is 26.0 Å². The summed E-state index contributed by atoms with van der Waals surface area (Å²) in [6, 6.07) is 19.3. The van der Waals surface area contributed by atoms with Crippen molar-refractivity contribution in [1.82, 2.24) is 0 Å². The van der Waals surface area contributed by atoms with Crippen molar-refractivity contribution >= 4 is 11.8 Å². The van der Waals surface area contributed by atoms with Crippen molar-refractivity contribution < 1.29 is 0 Å². The third kappa shape index (κ3) is 4.41. The second-order valence-corrected chi connectivity index (χ2v) is 5.96. The third-order valence-electron chi connectivity index (χ3n) is 3.31. The van der Waals surface area contributed by atoms with Gasteiger partial charge in [0.2, 0.25) is 0 Å². The average Bonchev–Trinajstić information content (AvgIpc) is 2.46. The van der Waals surface area contributed by atoms with Gasteiger partial charge in [-0.15, -0.1) is 11.8 Å². The molecule has 0 fully saturated rings. The van der Waals surface area contributed by atoms with Gasteiger partial charge in [-0.25, -0.2) is 0 Å². The van der Waals surface area contributed by atoms with E-state index >= 15 is 0 Å². The molecule has 19 heavy (non-hydrogen) atoms. The Bertz CT molecular complexity index is 478. The van der Waals surface area contributed by atoms with E-state index in [2.05, 4.69) is 61.5 Å². The molecule has 0 aliphatic carbocycles. The zero-order chi connectivity index (χ0) is 13.5. The molecule has 2 rings (SSSR count). The fraction of sp³-hybridized carbons (Fsp3) is 0.294. The molecule has 0 amide bonds. The predicted molar refractivity (Wildman–Crippen MR) is 84.8 cm³/mol. The van der Waals surface area contributed by atoms with Crippen molar-refractivity contribution in [2.75, 3.05) is 12.3 Å². The Morgan fingerprint density at radius 3 is 2.32 bits per heavy atom. The van der Waals surface area contributed by atoms with Crippen LogP contribution in [0, 0.1) is 6.92 Å². The molecule has 2 N–H and O–H groups in total. The minimum absolute atomic E-state index is 0.469. The first kappa shape index (κ1) is 14.2. The van der Waals surface area contributed by atoms with Gasteiger partial charge in [0.15, 0.2) is 0 Å². The maximum atomic E-state index is 5.91. The standard InChI is InChI=1S/C17H21NS/c1-14-7-9-15(10-8-14)16(13-18)11-12-19-17-5-3-2-4-6-17/h2-10,16H,11-13,18H2,1H3. The van der Waals surface area contributed by atoms with Crippen LogP contribution in [-0.2, 0) is 0 Å². The van der Waals surface area contributed by atoms with Gasteiger partial charge in [0.25, 0.3) is 0 Å². The van der Waals surface area contributed by atoms with Crippen LogP contribution in [0.1, 0.15) is 23.5 Å². The summed E-state index contributed by atoms with van der Waals surface area (Å²) in [5.74, 6) is 1.58. The van der Waals surface area contributed by atoms with Crippen molar-refractivity contribution in [2.24, 2.45) is 5.73 Å². The molecule has 0 aliphatic rings. The molecule has 0 bridgehead atoms. The second kappa shape index (κ2) is 7.37. The van der Waals surface area contributed by atoms with Gasteiger partial charge in [0, 0.05) is 4.90 Å². The number of nitrogens with two attached hydrogens (primary N) is 1. The Labute approximate surface area is 120 Å². The van der Waals surface area contributed by atoms with Crippen molar-refractivity contribution in [1.29, 1.82) is 0 Å². The molecule has 2 aromatic rings. The summed E-state index contributed by atoms with van der Waals surface area (Å²) in [4.78, 5) is 1.34. The normalized spacial score (nSPS) is 12.3. The molecule has 0 spiro atoms. The third-order valence-corrected chi connectivity index (χ3v) is 4.36. The first-order chi connectivity index (χ1) is 9.29. The molecular weight excluding hydrogens is 250 g/mol. The summed E-state index contributed by atoms with van der Waals surface area (Å²) in [6.07, 6.45) is 1.12. The van der Waals surface area contributed by atoms with E-state index in [0.717, 1.165) is 18.7 Å². The zero-order valence-corrected chi connectivity index (χ0v) is 12.2. The van der Waals surface area contributed by atoms with E-state index in [9.17, 15) is 0 Å². The summed E-state index contributed by atoms with van der Waals surface area (Å²) < 4.78 is 0. The minimum atomic E-state index is 0.469. The Kier molecular flexibility index (Phi) is 5.49. The van der Waals surface area contributed by atoms with Crippen LogP contribution in [0.3, 0.4) is 0 Å². The quantitative estimate of drug-likeness (QED) is 0.796. The van der Waals surface area contributed by atoms with Gasteiger partial charge in [-0.05, 0) is 49.3 Å². The number of rotatable bonds is 6. The van der Waals surface area contributed by atoms with Gasteiger partial charge in [-0.3, -0.25) is 0 Å². The molecule has 0 aliphatic heterocycles. The van der Waals surface area contributed by atoms with Gasteiger partial charge in [-0.2, -0.15) is 0 Å². The molecule has 0 aromatic heterocycles. The number of hydrogen-bond acceptors (Lipinski definition) is 2.